The molecule has 1 N–H and O–H groups in total. The molecule has 1 fully saturated rings. The second-order valence-electron chi connectivity index (χ2n) is 5.81. The summed E-state index contributed by atoms with van der Waals surface area (Å²) in [6.07, 6.45) is 1.26. The van der Waals surface area contributed by atoms with Crippen LogP contribution in [0.2, 0.25) is 5.02 Å². The molecule has 1 saturated heterocycles. The lowest BCUT2D eigenvalue weighted by molar-refractivity contribution is -0.117. The maximum absolute atomic E-state index is 11.9. The zero-order valence-corrected chi connectivity index (χ0v) is 15.0. The van der Waals surface area contributed by atoms with Crippen LogP contribution < -0.4 is 10.2 Å². The molecule has 0 radical (unpaired) electrons. The van der Waals surface area contributed by atoms with E-state index in [4.69, 9.17) is 20.9 Å². The Hall–Kier alpha value is -2.12. The van der Waals surface area contributed by atoms with Gasteiger partial charge in [0.05, 0.1) is 17.3 Å². The summed E-state index contributed by atoms with van der Waals surface area (Å²) >= 11 is 6.25. The summed E-state index contributed by atoms with van der Waals surface area (Å²) in [5, 5.41) is 7.68. The number of aromatic nitrogens is 2. The lowest BCUT2D eigenvalue weighted by atomic mass is 10.2. The van der Waals surface area contributed by atoms with Crippen molar-refractivity contribution in [3.63, 3.8) is 0 Å². The van der Waals surface area contributed by atoms with Gasteiger partial charge in [0.25, 0.3) is 0 Å². The molecule has 7 nitrogen and oxygen atoms in total. The van der Waals surface area contributed by atoms with Crippen LogP contribution in [0.4, 0.5) is 11.4 Å². The van der Waals surface area contributed by atoms with E-state index in [1.54, 1.807) is 11.0 Å². The van der Waals surface area contributed by atoms with Gasteiger partial charge in [0.2, 0.25) is 11.8 Å². The number of rotatable bonds is 7. The van der Waals surface area contributed by atoms with Crippen molar-refractivity contribution < 1.29 is 14.1 Å². The van der Waals surface area contributed by atoms with E-state index in [9.17, 15) is 4.79 Å². The van der Waals surface area contributed by atoms with E-state index in [-0.39, 0.29) is 12.0 Å². The fraction of sp³-hybridized carbons (Fsp3) is 0.471. The molecule has 134 valence electrons. The van der Waals surface area contributed by atoms with Gasteiger partial charge in [-0.2, -0.15) is 4.98 Å². The van der Waals surface area contributed by atoms with Gasteiger partial charge in [0.1, 0.15) is 6.10 Å². The third-order valence-corrected chi connectivity index (χ3v) is 4.36. The maximum Gasteiger partial charge on any atom is 0.246 e. The van der Waals surface area contributed by atoms with Gasteiger partial charge in [-0.3, -0.25) is 4.79 Å². The average molecular weight is 365 g/mol. The minimum Gasteiger partial charge on any atom is -0.375 e. The first kappa shape index (κ1) is 17.7. The van der Waals surface area contributed by atoms with Gasteiger partial charge in [0.15, 0.2) is 5.82 Å². The number of amides is 1. The van der Waals surface area contributed by atoms with Crippen LogP contribution in [0.5, 0.6) is 0 Å². The summed E-state index contributed by atoms with van der Waals surface area (Å²) in [7, 11) is 0. The molecule has 1 aromatic carbocycles. The number of carbonyl (C=O) groups is 1. The molecule has 1 atom stereocenters. The molecule has 0 spiro atoms. The second kappa shape index (κ2) is 7.84. The summed E-state index contributed by atoms with van der Waals surface area (Å²) in [4.78, 5) is 18.0. The van der Waals surface area contributed by atoms with Crippen LogP contribution in [0.1, 0.15) is 44.5 Å². The number of hydrogen-bond donors (Lipinski definition) is 1. The number of hydrogen-bond acceptors (Lipinski definition) is 6. The van der Waals surface area contributed by atoms with Crippen LogP contribution in [-0.4, -0.2) is 29.2 Å². The van der Waals surface area contributed by atoms with E-state index in [1.807, 2.05) is 26.0 Å². The Bertz CT molecular complexity index is 749. The normalized spacial score (nSPS) is 15.6. The number of halogens is 1. The molecule has 1 aliphatic heterocycles. The number of carbonyl (C=O) groups excluding carboxylic acids is 1. The average Bonchev–Trinajstić information content (AvgIpc) is 3.23. The summed E-state index contributed by atoms with van der Waals surface area (Å²) in [5.41, 5.74) is 1.56. The van der Waals surface area contributed by atoms with Crippen LogP contribution in [0.25, 0.3) is 0 Å². The van der Waals surface area contributed by atoms with E-state index in [0.29, 0.717) is 36.3 Å². The predicted molar refractivity (Wildman–Crippen MR) is 94.7 cm³/mol. The molecule has 8 heteroatoms. The third-order valence-electron chi connectivity index (χ3n) is 4.03. The minimum atomic E-state index is -0.212. The Morgan fingerprint density at radius 2 is 2.32 bits per heavy atom. The summed E-state index contributed by atoms with van der Waals surface area (Å²) < 4.78 is 10.7. The van der Waals surface area contributed by atoms with Gasteiger partial charge in [-0.1, -0.05) is 16.8 Å². The first-order valence-corrected chi connectivity index (χ1v) is 8.74. The molecule has 0 aliphatic carbocycles. The van der Waals surface area contributed by atoms with Gasteiger partial charge in [-0.25, -0.2) is 0 Å². The van der Waals surface area contributed by atoms with Crippen molar-refractivity contribution in [2.45, 2.75) is 39.3 Å². The topological polar surface area (TPSA) is 80.5 Å². The molecule has 1 amide bonds. The van der Waals surface area contributed by atoms with E-state index < -0.39 is 0 Å². The highest BCUT2D eigenvalue weighted by molar-refractivity contribution is 6.33. The standard InChI is InChI=1S/C17H21ClN4O3/c1-3-24-11(2)17-20-15(25-21-17)10-19-14-9-12(6-7-13(14)18)22-8-4-5-16(22)23/h6-7,9,11,19H,3-5,8,10H2,1-2H3. The van der Waals surface area contributed by atoms with Crippen molar-refractivity contribution >= 4 is 28.9 Å². The Balaban J connectivity index is 1.67. The maximum atomic E-state index is 11.9. The fourth-order valence-electron chi connectivity index (χ4n) is 2.74. The summed E-state index contributed by atoms with van der Waals surface area (Å²) in [6, 6.07) is 5.50. The van der Waals surface area contributed by atoms with Crippen molar-refractivity contribution in [1.29, 1.82) is 0 Å². The molecule has 2 aromatic rings. The molecule has 1 aliphatic rings. The first-order chi connectivity index (χ1) is 12.1. The Morgan fingerprint density at radius 1 is 1.48 bits per heavy atom. The molecule has 2 heterocycles. The number of nitrogens with zero attached hydrogens (tertiary/aromatic N) is 3. The molecular weight excluding hydrogens is 344 g/mol. The molecule has 25 heavy (non-hydrogen) atoms. The highest BCUT2D eigenvalue weighted by atomic mass is 35.5. The van der Waals surface area contributed by atoms with Crippen molar-refractivity contribution in [2.24, 2.45) is 0 Å². The van der Waals surface area contributed by atoms with E-state index in [0.717, 1.165) is 24.3 Å². The monoisotopic (exact) mass is 364 g/mol. The number of ether oxygens (including phenoxy) is 1. The molecule has 1 unspecified atom stereocenters. The molecule has 0 saturated carbocycles. The number of benzene rings is 1. The summed E-state index contributed by atoms with van der Waals surface area (Å²) in [5.74, 6) is 1.10. The minimum absolute atomic E-state index is 0.139. The van der Waals surface area contributed by atoms with Gasteiger partial charge in [0, 0.05) is 25.3 Å². The predicted octanol–water partition coefficient (Wildman–Crippen LogP) is 3.56. The quantitative estimate of drug-likeness (QED) is 0.809. The Morgan fingerprint density at radius 3 is 3.04 bits per heavy atom. The van der Waals surface area contributed by atoms with E-state index in [2.05, 4.69) is 15.5 Å². The van der Waals surface area contributed by atoms with Crippen LogP contribution >= 0.6 is 11.6 Å². The number of nitrogens with one attached hydrogen (secondary N) is 1. The summed E-state index contributed by atoms with van der Waals surface area (Å²) in [6.45, 7) is 5.45. The molecule has 1 aromatic heterocycles. The zero-order valence-electron chi connectivity index (χ0n) is 14.3. The van der Waals surface area contributed by atoms with Crippen molar-refractivity contribution in [3.8, 4) is 0 Å². The molecular formula is C17H21ClN4O3. The first-order valence-electron chi connectivity index (χ1n) is 8.36. The van der Waals surface area contributed by atoms with Crippen LogP contribution in [0, 0.1) is 0 Å². The van der Waals surface area contributed by atoms with Crippen molar-refractivity contribution in [2.75, 3.05) is 23.4 Å². The Labute approximate surface area is 151 Å². The molecule has 0 bridgehead atoms. The van der Waals surface area contributed by atoms with Crippen molar-refractivity contribution in [3.05, 3.63) is 34.9 Å². The van der Waals surface area contributed by atoms with Gasteiger partial charge in [-0.05, 0) is 38.5 Å². The smallest absolute Gasteiger partial charge is 0.246 e. The van der Waals surface area contributed by atoms with Gasteiger partial charge >= 0.3 is 0 Å². The van der Waals surface area contributed by atoms with E-state index in [1.165, 1.54) is 0 Å². The van der Waals surface area contributed by atoms with Crippen LogP contribution in [-0.2, 0) is 16.1 Å². The lowest BCUT2D eigenvalue weighted by Gasteiger charge is -2.17. The van der Waals surface area contributed by atoms with Gasteiger partial charge < -0.3 is 19.5 Å². The van der Waals surface area contributed by atoms with Crippen LogP contribution in [0.15, 0.2) is 22.7 Å². The van der Waals surface area contributed by atoms with Crippen LogP contribution in [0.3, 0.4) is 0 Å². The zero-order chi connectivity index (χ0) is 17.8. The number of anilines is 2. The SMILES string of the molecule is CCOC(C)c1noc(CNc2cc(N3CCCC3=O)ccc2Cl)n1. The van der Waals surface area contributed by atoms with Crippen molar-refractivity contribution in [1.82, 2.24) is 10.1 Å². The third kappa shape index (κ3) is 4.11. The molecule has 3 rings (SSSR count). The largest absolute Gasteiger partial charge is 0.375 e. The van der Waals surface area contributed by atoms with E-state index >= 15 is 0 Å². The highest BCUT2D eigenvalue weighted by Gasteiger charge is 2.22. The Kier molecular flexibility index (Phi) is 5.55. The lowest BCUT2D eigenvalue weighted by Crippen LogP contribution is -2.23. The van der Waals surface area contributed by atoms with Gasteiger partial charge in [-0.15, -0.1) is 0 Å². The second-order valence-corrected chi connectivity index (χ2v) is 6.22. The highest BCUT2D eigenvalue weighted by Crippen LogP contribution is 2.30. The fourth-order valence-corrected chi connectivity index (χ4v) is 2.92.